The highest BCUT2D eigenvalue weighted by Crippen LogP contribution is 2.33. The van der Waals surface area contributed by atoms with E-state index in [0.717, 1.165) is 19.6 Å². The molecule has 142 valence electrons. The topological polar surface area (TPSA) is 53.1 Å². The molecule has 1 unspecified atom stereocenters. The van der Waals surface area contributed by atoms with E-state index in [9.17, 15) is 9.59 Å². The molecule has 1 aromatic heterocycles. The standard InChI is InChI=1S/C20H23N3O3S/c1-15-20(25)23(17-4-2-3-5-18(17)26-15)13-19(24)22-9-7-21(8-10-22)12-16-6-11-27-14-16/h2-6,11,14-15H,7-10,12-13H2,1H3. The highest BCUT2D eigenvalue weighted by atomic mass is 32.1. The van der Waals surface area contributed by atoms with Crippen molar-refractivity contribution in [3.8, 4) is 5.75 Å². The van der Waals surface area contributed by atoms with Crippen LogP contribution < -0.4 is 9.64 Å². The van der Waals surface area contributed by atoms with Gasteiger partial charge in [0.15, 0.2) is 6.10 Å². The number of carbonyl (C=O) groups excluding carboxylic acids is 2. The lowest BCUT2D eigenvalue weighted by atomic mass is 10.2. The molecule has 3 heterocycles. The average molecular weight is 385 g/mol. The van der Waals surface area contributed by atoms with E-state index < -0.39 is 6.10 Å². The number of nitrogens with zero attached hydrogens (tertiary/aromatic N) is 3. The first-order chi connectivity index (χ1) is 13.1. The van der Waals surface area contributed by atoms with Crippen molar-refractivity contribution < 1.29 is 14.3 Å². The lowest BCUT2D eigenvalue weighted by Gasteiger charge is -2.37. The Morgan fingerprint density at radius 3 is 2.70 bits per heavy atom. The van der Waals surface area contributed by atoms with Crippen molar-refractivity contribution in [2.45, 2.75) is 19.6 Å². The van der Waals surface area contributed by atoms with E-state index in [0.29, 0.717) is 24.5 Å². The fraction of sp³-hybridized carbons (Fsp3) is 0.400. The summed E-state index contributed by atoms with van der Waals surface area (Å²) in [5.74, 6) is 0.471. The molecule has 1 saturated heterocycles. The predicted molar refractivity (Wildman–Crippen MR) is 105 cm³/mol. The quantitative estimate of drug-likeness (QED) is 0.810. The molecular weight excluding hydrogens is 362 g/mol. The number of benzene rings is 1. The number of para-hydroxylation sites is 2. The number of piperazine rings is 1. The zero-order chi connectivity index (χ0) is 18.8. The van der Waals surface area contributed by atoms with Gasteiger partial charge in [-0.05, 0) is 41.4 Å². The van der Waals surface area contributed by atoms with Crippen LogP contribution in [0.3, 0.4) is 0 Å². The summed E-state index contributed by atoms with van der Waals surface area (Å²) in [5.41, 5.74) is 1.99. The van der Waals surface area contributed by atoms with E-state index in [2.05, 4.69) is 21.7 Å². The van der Waals surface area contributed by atoms with Crippen LogP contribution in [0, 0.1) is 0 Å². The van der Waals surface area contributed by atoms with E-state index in [1.54, 1.807) is 23.2 Å². The minimum atomic E-state index is -0.574. The van der Waals surface area contributed by atoms with Gasteiger partial charge in [0.2, 0.25) is 5.91 Å². The third-order valence-electron chi connectivity index (χ3n) is 5.08. The van der Waals surface area contributed by atoms with Crippen molar-refractivity contribution >= 4 is 28.8 Å². The Balaban J connectivity index is 1.37. The molecule has 2 amide bonds. The first kappa shape index (κ1) is 18.0. The van der Waals surface area contributed by atoms with Gasteiger partial charge in [0.05, 0.1) is 5.69 Å². The Morgan fingerprint density at radius 2 is 1.96 bits per heavy atom. The summed E-state index contributed by atoms with van der Waals surface area (Å²) in [7, 11) is 0. The number of amides is 2. The maximum Gasteiger partial charge on any atom is 0.268 e. The fourth-order valence-corrected chi connectivity index (χ4v) is 4.21. The predicted octanol–water partition coefficient (Wildman–Crippen LogP) is 2.21. The number of hydrogen-bond acceptors (Lipinski definition) is 5. The third kappa shape index (κ3) is 3.84. The summed E-state index contributed by atoms with van der Waals surface area (Å²) < 4.78 is 5.64. The minimum absolute atomic E-state index is 0.0116. The Morgan fingerprint density at radius 1 is 1.19 bits per heavy atom. The smallest absolute Gasteiger partial charge is 0.268 e. The first-order valence-corrected chi connectivity index (χ1v) is 10.1. The Hall–Kier alpha value is -2.38. The number of anilines is 1. The summed E-state index contributed by atoms with van der Waals surface area (Å²) in [6.45, 7) is 5.81. The summed E-state index contributed by atoms with van der Waals surface area (Å²) >= 11 is 1.71. The largest absolute Gasteiger partial charge is 0.479 e. The summed E-state index contributed by atoms with van der Waals surface area (Å²) in [5, 5.41) is 4.26. The van der Waals surface area contributed by atoms with Gasteiger partial charge in [-0.25, -0.2) is 0 Å². The number of fused-ring (bicyclic) bond motifs is 1. The molecule has 0 aliphatic carbocycles. The molecule has 27 heavy (non-hydrogen) atoms. The molecule has 2 aliphatic rings. The number of hydrogen-bond donors (Lipinski definition) is 0. The molecule has 1 fully saturated rings. The van der Waals surface area contributed by atoms with E-state index >= 15 is 0 Å². The summed E-state index contributed by atoms with van der Waals surface area (Å²) in [6, 6.07) is 9.52. The van der Waals surface area contributed by atoms with Crippen molar-refractivity contribution in [2.24, 2.45) is 0 Å². The van der Waals surface area contributed by atoms with Gasteiger partial charge in [0, 0.05) is 32.7 Å². The van der Waals surface area contributed by atoms with Crippen LogP contribution in [0.25, 0.3) is 0 Å². The van der Waals surface area contributed by atoms with Crippen molar-refractivity contribution in [1.29, 1.82) is 0 Å². The van der Waals surface area contributed by atoms with Gasteiger partial charge in [0.1, 0.15) is 12.3 Å². The third-order valence-corrected chi connectivity index (χ3v) is 5.81. The van der Waals surface area contributed by atoms with Gasteiger partial charge >= 0.3 is 0 Å². The molecule has 1 aromatic carbocycles. The second-order valence-corrected chi connectivity index (χ2v) is 7.72. The molecule has 4 rings (SSSR count). The lowest BCUT2D eigenvalue weighted by Crippen LogP contribution is -2.53. The zero-order valence-electron chi connectivity index (χ0n) is 15.3. The van der Waals surface area contributed by atoms with Crippen LogP contribution in [-0.4, -0.2) is 60.4 Å². The number of thiophene rings is 1. The lowest BCUT2D eigenvalue weighted by molar-refractivity contribution is -0.134. The van der Waals surface area contributed by atoms with Crippen LogP contribution in [-0.2, 0) is 16.1 Å². The minimum Gasteiger partial charge on any atom is -0.479 e. The van der Waals surface area contributed by atoms with Crippen molar-refractivity contribution in [3.05, 3.63) is 46.7 Å². The van der Waals surface area contributed by atoms with Crippen LogP contribution in [0.5, 0.6) is 5.75 Å². The zero-order valence-corrected chi connectivity index (χ0v) is 16.2. The first-order valence-electron chi connectivity index (χ1n) is 9.20. The van der Waals surface area contributed by atoms with E-state index in [4.69, 9.17) is 4.74 Å². The van der Waals surface area contributed by atoms with Gasteiger partial charge in [-0.1, -0.05) is 12.1 Å². The van der Waals surface area contributed by atoms with Crippen LogP contribution in [0.15, 0.2) is 41.1 Å². The van der Waals surface area contributed by atoms with Crippen molar-refractivity contribution in [1.82, 2.24) is 9.80 Å². The van der Waals surface area contributed by atoms with Crippen LogP contribution >= 0.6 is 11.3 Å². The highest BCUT2D eigenvalue weighted by molar-refractivity contribution is 7.07. The summed E-state index contributed by atoms with van der Waals surface area (Å²) in [4.78, 5) is 31.2. The van der Waals surface area contributed by atoms with E-state index in [-0.39, 0.29) is 18.4 Å². The SMILES string of the molecule is CC1Oc2ccccc2N(CC(=O)N2CCN(Cc3ccsc3)CC2)C1=O. The molecule has 7 heteroatoms. The fourth-order valence-electron chi connectivity index (χ4n) is 3.55. The Labute approximate surface area is 162 Å². The van der Waals surface area contributed by atoms with Gasteiger partial charge in [-0.3, -0.25) is 19.4 Å². The van der Waals surface area contributed by atoms with E-state index in [1.165, 1.54) is 5.56 Å². The van der Waals surface area contributed by atoms with Crippen molar-refractivity contribution in [2.75, 3.05) is 37.6 Å². The van der Waals surface area contributed by atoms with Gasteiger partial charge < -0.3 is 9.64 Å². The average Bonchev–Trinajstić information content (AvgIpc) is 3.19. The molecule has 0 spiro atoms. The summed E-state index contributed by atoms with van der Waals surface area (Å²) in [6.07, 6.45) is -0.574. The van der Waals surface area contributed by atoms with Gasteiger partial charge in [0.25, 0.3) is 5.91 Å². The van der Waals surface area contributed by atoms with E-state index in [1.807, 2.05) is 29.2 Å². The maximum atomic E-state index is 12.8. The molecule has 0 radical (unpaired) electrons. The molecular formula is C20H23N3O3S. The molecule has 0 saturated carbocycles. The highest BCUT2D eigenvalue weighted by Gasteiger charge is 2.34. The second kappa shape index (κ2) is 7.70. The molecule has 1 atom stereocenters. The molecule has 0 bridgehead atoms. The van der Waals surface area contributed by atoms with Gasteiger partial charge in [-0.15, -0.1) is 0 Å². The number of rotatable bonds is 4. The molecule has 2 aromatic rings. The van der Waals surface area contributed by atoms with Crippen molar-refractivity contribution in [3.63, 3.8) is 0 Å². The molecule has 6 nitrogen and oxygen atoms in total. The maximum absolute atomic E-state index is 12.8. The molecule has 0 N–H and O–H groups in total. The molecule has 2 aliphatic heterocycles. The Kier molecular flexibility index (Phi) is 5.13. The Bertz CT molecular complexity index is 816. The number of ether oxygens (including phenoxy) is 1. The van der Waals surface area contributed by atoms with Crippen LogP contribution in [0.4, 0.5) is 5.69 Å². The monoisotopic (exact) mass is 385 g/mol. The van der Waals surface area contributed by atoms with Gasteiger partial charge in [-0.2, -0.15) is 11.3 Å². The number of carbonyl (C=O) groups is 2. The van der Waals surface area contributed by atoms with Crippen LogP contribution in [0.2, 0.25) is 0 Å². The second-order valence-electron chi connectivity index (χ2n) is 6.94. The normalized spacial score (nSPS) is 20.3. The van der Waals surface area contributed by atoms with Crippen LogP contribution in [0.1, 0.15) is 12.5 Å².